The lowest BCUT2D eigenvalue weighted by Crippen LogP contribution is -2.69. The topological polar surface area (TPSA) is 66.6 Å². The predicted molar refractivity (Wildman–Crippen MR) is 45.6 cm³/mol. The molecule has 0 amide bonds. The Morgan fingerprint density at radius 3 is 2.43 bits per heavy atom. The standard InChI is InChI=1S/C7H10BN2O4/c1-7-2-12-8(13-3-7,14-4-7)6-10-9-5-11-6/h5H,2-4H2,1H3/q-1. The summed E-state index contributed by atoms with van der Waals surface area (Å²) >= 11 is 0. The number of hydrogen-bond acceptors (Lipinski definition) is 6. The first kappa shape index (κ1) is 8.40. The van der Waals surface area contributed by atoms with Crippen molar-refractivity contribution in [2.45, 2.75) is 6.92 Å². The second-order valence-electron chi connectivity index (χ2n) is 4.16. The first-order chi connectivity index (χ1) is 6.73. The number of rotatable bonds is 1. The molecular weight excluding hydrogens is 187 g/mol. The van der Waals surface area contributed by atoms with Gasteiger partial charge in [-0.05, 0) is 0 Å². The number of nitrogens with zero attached hydrogens (tertiary/aromatic N) is 2. The summed E-state index contributed by atoms with van der Waals surface area (Å²) in [7, 11) is 0. The molecule has 4 rings (SSSR count). The van der Waals surface area contributed by atoms with Gasteiger partial charge in [-0.3, -0.25) is 0 Å². The molecule has 0 spiro atoms. The average Bonchev–Trinajstić information content (AvgIpc) is 2.73. The van der Waals surface area contributed by atoms with Crippen molar-refractivity contribution in [1.82, 2.24) is 10.2 Å². The van der Waals surface area contributed by atoms with Crippen LogP contribution in [0.4, 0.5) is 0 Å². The fourth-order valence-corrected chi connectivity index (χ4v) is 1.75. The van der Waals surface area contributed by atoms with Gasteiger partial charge in [0, 0.05) is 25.2 Å². The van der Waals surface area contributed by atoms with Crippen molar-refractivity contribution in [1.29, 1.82) is 0 Å². The lowest BCUT2D eigenvalue weighted by atomic mass is 9.71. The minimum atomic E-state index is -1.95. The second-order valence-corrected chi connectivity index (χ2v) is 4.16. The highest BCUT2D eigenvalue weighted by Gasteiger charge is 2.50. The highest BCUT2D eigenvalue weighted by atomic mass is 16.8. The van der Waals surface area contributed by atoms with Gasteiger partial charge < -0.3 is 18.4 Å². The van der Waals surface area contributed by atoms with Crippen LogP contribution in [0.3, 0.4) is 0 Å². The number of hydrogen-bond donors (Lipinski definition) is 0. The normalized spacial score (nSPS) is 41.5. The Kier molecular flexibility index (Phi) is 1.54. The van der Waals surface area contributed by atoms with E-state index in [-0.39, 0.29) is 11.2 Å². The van der Waals surface area contributed by atoms with E-state index in [0.717, 1.165) is 0 Å². The molecule has 0 N–H and O–H groups in total. The molecule has 3 fully saturated rings. The third kappa shape index (κ3) is 1.03. The van der Waals surface area contributed by atoms with E-state index in [1.165, 1.54) is 6.39 Å². The summed E-state index contributed by atoms with van der Waals surface area (Å²) in [5, 5.41) is 7.35. The second kappa shape index (κ2) is 2.56. The number of aromatic nitrogens is 2. The van der Waals surface area contributed by atoms with Gasteiger partial charge in [0.05, 0.1) is 0 Å². The maximum absolute atomic E-state index is 5.53. The van der Waals surface area contributed by atoms with E-state index in [2.05, 4.69) is 17.1 Å². The molecule has 6 nitrogen and oxygen atoms in total. The van der Waals surface area contributed by atoms with Crippen molar-refractivity contribution in [2.75, 3.05) is 19.8 Å². The van der Waals surface area contributed by atoms with E-state index in [9.17, 15) is 0 Å². The van der Waals surface area contributed by atoms with E-state index >= 15 is 0 Å². The summed E-state index contributed by atoms with van der Waals surface area (Å²) in [6.45, 7) is 1.92. The molecule has 0 radical (unpaired) electrons. The van der Waals surface area contributed by atoms with Crippen LogP contribution < -0.4 is 5.79 Å². The van der Waals surface area contributed by atoms with Gasteiger partial charge in [-0.2, -0.15) is 0 Å². The minimum Gasteiger partial charge on any atom is -0.537 e. The van der Waals surface area contributed by atoms with Gasteiger partial charge in [-0.1, -0.05) is 6.92 Å². The van der Waals surface area contributed by atoms with Crippen LogP contribution in [-0.2, 0) is 14.0 Å². The van der Waals surface area contributed by atoms with Crippen molar-refractivity contribution in [3.63, 3.8) is 0 Å². The Hall–Kier alpha value is -0.915. The fraction of sp³-hybridized carbons (Fsp3) is 0.714. The first-order valence-corrected chi connectivity index (χ1v) is 4.54. The zero-order chi connectivity index (χ0) is 9.65. The van der Waals surface area contributed by atoms with E-state index < -0.39 is 6.75 Å². The predicted octanol–water partition coefficient (Wildman–Crippen LogP) is -0.701. The Labute approximate surface area is 80.6 Å². The van der Waals surface area contributed by atoms with Crippen molar-refractivity contribution in [2.24, 2.45) is 5.41 Å². The van der Waals surface area contributed by atoms with Gasteiger partial charge in [-0.25, -0.2) is 0 Å². The molecule has 0 saturated carbocycles. The Morgan fingerprint density at radius 2 is 1.93 bits per heavy atom. The van der Waals surface area contributed by atoms with Crippen LogP contribution in [0.1, 0.15) is 6.92 Å². The average molecular weight is 197 g/mol. The van der Waals surface area contributed by atoms with Crippen LogP contribution >= 0.6 is 0 Å². The molecular formula is C7H10BN2O4-. The monoisotopic (exact) mass is 197 g/mol. The molecule has 0 atom stereocenters. The summed E-state index contributed by atoms with van der Waals surface area (Å²) in [4.78, 5) is 0. The van der Waals surface area contributed by atoms with Crippen LogP contribution in [0.15, 0.2) is 10.8 Å². The van der Waals surface area contributed by atoms with Crippen molar-refractivity contribution in [3.05, 3.63) is 6.39 Å². The molecule has 0 aromatic carbocycles. The molecule has 3 aliphatic rings. The van der Waals surface area contributed by atoms with Gasteiger partial charge in [0.1, 0.15) is 5.79 Å². The third-order valence-corrected chi connectivity index (χ3v) is 2.63. The highest BCUT2D eigenvalue weighted by molar-refractivity contribution is 6.73. The molecule has 7 heteroatoms. The van der Waals surface area contributed by atoms with Gasteiger partial charge in [-0.15, -0.1) is 10.2 Å². The molecule has 76 valence electrons. The largest absolute Gasteiger partial charge is 0.537 e. The van der Waals surface area contributed by atoms with Crippen LogP contribution in [0.2, 0.25) is 0 Å². The van der Waals surface area contributed by atoms with Crippen LogP contribution in [0.25, 0.3) is 0 Å². The Morgan fingerprint density at radius 1 is 1.29 bits per heavy atom. The van der Waals surface area contributed by atoms with E-state index in [1.54, 1.807) is 0 Å². The van der Waals surface area contributed by atoms with Crippen molar-refractivity contribution < 1.29 is 18.4 Å². The summed E-state index contributed by atoms with van der Waals surface area (Å²) in [5.74, 6) is 0.284. The van der Waals surface area contributed by atoms with Crippen molar-refractivity contribution in [3.8, 4) is 0 Å². The maximum atomic E-state index is 5.53. The maximum Gasteiger partial charge on any atom is 0.466 e. The first-order valence-electron chi connectivity index (χ1n) is 4.54. The molecule has 1 aromatic rings. The number of fused-ring (bicyclic) bond motifs is 3. The molecule has 14 heavy (non-hydrogen) atoms. The lowest BCUT2D eigenvalue weighted by molar-refractivity contribution is -0.121. The summed E-state index contributed by atoms with van der Waals surface area (Å²) in [6.07, 6.45) is 1.24. The Balaban J connectivity index is 1.93. The van der Waals surface area contributed by atoms with Gasteiger partial charge >= 0.3 is 6.75 Å². The van der Waals surface area contributed by atoms with Gasteiger partial charge in [0.25, 0.3) is 0 Å². The van der Waals surface area contributed by atoms with Gasteiger partial charge in [0.2, 0.25) is 0 Å². The van der Waals surface area contributed by atoms with E-state index in [4.69, 9.17) is 18.4 Å². The highest BCUT2D eigenvalue weighted by Crippen LogP contribution is 2.34. The van der Waals surface area contributed by atoms with Crippen molar-refractivity contribution >= 4 is 12.5 Å². The zero-order valence-corrected chi connectivity index (χ0v) is 7.80. The third-order valence-electron chi connectivity index (χ3n) is 2.63. The fourth-order valence-electron chi connectivity index (χ4n) is 1.75. The molecule has 3 saturated heterocycles. The summed E-state index contributed by atoms with van der Waals surface area (Å²) < 4.78 is 21.7. The molecule has 3 aliphatic heterocycles. The van der Waals surface area contributed by atoms with Crippen LogP contribution in [-0.4, -0.2) is 36.8 Å². The Bertz CT molecular complexity index is 317. The smallest absolute Gasteiger partial charge is 0.466 e. The minimum absolute atomic E-state index is 0.0382. The van der Waals surface area contributed by atoms with E-state index in [0.29, 0.717) is 19.8 Å². The van der Waals surface area contributed by atoms with E-state index in [1.807, 2.05) is 0 Å². The quantitative estimate of drug-likeness (QED) is 0.554. The summed E-state index contributed by atoms with van der Waals surface area (Å²) in [6, 6.07) is 0. The molecule has 0 unspecified atom stereocenters. The molecule has 0 aliphatic carbocycles. The zero-order valence-electron chi connectivity index (χ0n) is 7.80. The van der Waals surface area contributed by atoms with Crippen LogP contribution in [0, 0.1) is 5.41 Å². The van der Waals surface area contributed by atoms with Gasteiger partial charge in [0.15, 0.2) is 6.39 Å². The SMILES string of the molecule is CC12CO[B-](c3nnco3)(OC1)OC2. The molecule has 2 bridgehead atoms. The molecule has 4 heterocycles. The van der Waals surface area contributed by atoms with Crippen LogP contribution in [0.5, 0.6) is 0 Å². The summed E-state index contributed by atoms with van der Waals surface area (Å²) in [5.41, 5.74) is -0.0382. The molecule has 1 aromatic heterocycles. The lowest BCUT2D eigenvalue weighted by Gasteiger charge is -2.56.